The lowest BCUT2D eigenvalue weighted by atomic mass is 10.2. The lowest BCUT2D eigenvalue weighted by Gasteiger charge is -2.15. The smallest absolute Gasteiger partial charge is 0.233 e. The first-order valence-corrected chi connectivity index (χ1v) is 12.2. The monoisotopic (exact) mass is 410 g/mol. The molecule has 1 aliphatic heterocycles. The van der Waals surface area contributed by atoms with E-state index in [-0.39, 0.29) is 28.7 Å². The van der Waals surface area contributed by atoms with E-state index < -0.39 is 9.84 Å². The Bertz CT molecular complexity index is 878. The van der Waals surface area contributed by atoms with Crippen LogP contribution in [0.15, 0.2) is 30.3 Å². The second-order valence-electron chi connectivity index (χ2n) is 6.46. The van der Waals surface area contributed by atoms with Gasteiger partial charge in [-0.1, -0.05) is 30.3 Å². The van der Waals surface area contributed by atoms with Crippen LogP contribution in [0.5, 0.6) is 0 Å². The quantitative estimate of drug-likeness (QED) is 0.792. The second-order valence-corrected chi connectivity index (χ2v) is 11.1. The van der Waals surface area contributed by atoms with Crippen LogP contribution in [0.4, 0.5) is 0 Å². The van der Waals surface area contributed by atoms with Gasteiger partial charge in [0.1, 0.15) is 5.01 Å². The maximum atomic E-state index is 12.3. The molecule has 1 aromatic carbocycles. The van der Waals surface area contributed by atoms with Gasteiger partial charge in [-0.05, 0) is 20.3 Å². The summed E-state index contributed by atoms with van der Waals surface area (Å²) in [5.41, 5.74) is 2.10. The van der Waals surface area contributed by atoms with Gasteiger partial charge in [0.15, 0.2) is 9.84 Å². The van der Waals surface area contributed by atoms with E-state index in [9.17, 15) is 13.2 Å². The Hall–Kier alpha value is -1.38. The largest absolute Gasteiger partial charge is 0.351 e. The molecule has 2 aromatic rings. The molecule has 2 heterocycles. The van der Waals surface area contributed by atoms with Crippen molar-refractivity contribution in [2.45, 2.75) is 37.3 Å². The molecule has 0 spiro atoms. The average Bonchev–Trinajstić information content (AvgIpc) is 3.15. The third kappa shape index (κ3) is 4.86. The van der Waals surface area contributed by atoms with Gasteiger partial charge in [-0.3, -0.25) is 4.79 Å². The van der Waals surface area contributed by atoms with Crippen molar-refractivity contribution in [3.63, 3.8) is 0 Å². The van der Waals surface area contributed by atoms with Gasteiger partial charge in [0.2, 0.25) is 5.91 Å². The number of hydrogen-bond acceptors (Lipinski definition) is 6. The highest BCUT2D eigenvalue weighted by Crippen LogP contribution is 2.31. The van der Waals surface area contributed by atoms with E-state index in [1.807, 2.05) is 44.2 Å². The molecule has 3 rings (SSSR count). The maximum Gasteiger partial charge on any atom is 0.233 e. The first-order valence-electron chi connectivity index (χ1n) is 8.48. The highest BCUT2D eigenvalue weighted by Gasteiger charge is 2.30. The van der Waals surface area contributed by atoms with E-state index in [1.54, 1.807) is 23.1 Å². The molecular weight excluding hydrogens is 388 g/mol. The summed E-state index contributed by atoms with van der Waals surface area (Å²) in [5, 5.41) is 3.62. The fraction of sp³-hybridized carbons (Fsp3) is 0.444. The normalized spacial score (nSPS) is 20.0. The molecule has 0 bridgehead atoms. The molecule has 5 nitrogen and oxygen atoms in total. The zero-order valence-electron chi connectivity index (χ0n) is 14.8. The maximum absolute atomic E-state index is 12.3. The Balaban J connectivity index is 1.55. The Morgan fingerprint density at radius 3 is 2.77 bits per heavy atom. The molecule has 0 saturated carbocycles. The fourth-order valence-corrected chi connectivity index (χ4v) is 6.58. The SMILES string of the molecule is Cc1nc(-c2ccccc2)sc1CSC(C)C(=O)NC1CCS(=O)(=O)C1. The van der Waals surface area contributed by atoms with Crippen LogP contribution in [0, 0.1) is 6.92 Å². The Kier molecular flexibility index (Phi) is 6.04. The number of nitrogens with zero attached hydrogens (tertiary/aromatic N) is 1. The number of benzene rings is 1. The molecule has 1 saturated heterocycles. The van der Waals surface area contributed by atoms with E-state index in [0.717, 1.165) is 21.1 Å². The van der Waals surface area contributed by atoms with Crippen molar-refractivity contribution in [2.24, 2.45) is 0 Å². The number of thiazole rings is 1. The molecule has 8 heteroatoms. The van der Waals surface area contributed by atoms with Crippen molar-refractivity contribution in [1.82, 2.24) is 10.3 Å². The molecule has 0 radical (unpaired) electrons. The van der Waals surface area contributed by atoms with Crippen LogP contribution in [0.2, 0.25) is 0 Å². The standard InChI is InChI=1S/C18H22N2O3S3/c1-12-16(25-18(19-12)14-6-4-3-5-7-14)10-24-13(2)17(21)20-15-8-9-26(22,23)11-15/h3-7,13,15H,8-11H2,1-2H3,(H,20,21). The van der Waals surface area contributed by atoms with Crippen molar-refractivity contribution in [3.8, 4) is 10.6 Å². The second kappa shape index (κ2) is 8.10. The highest BCUT2D eigenvalue weighted by atomic mass is 32.2. The lowest BCUT2D eigenvalue weighted by Crippen LogP contribution is -2.40. The number of aromatic nitrogens is 1. The number of aryl methyl sites for hydroxylation is 1. The number of sulfone groups is 1. The van der Waals surface area contributed by atoms with E-state index in [2.05, 4.69) is 10.3 Å². The summed E-state index contributed by atoms with van der Waals surface area (Å²) in [6.07, 6.45) is 0.514. The first-order chi connectivity index (χ1) is 12.3. The zero-order chi connectivity index (χ0) is 18.7. The van der Waals surface area contributed by atoms with Crippen molar-refractivity contribution < 1.29 is 13.2 Å². The number of carbonyl (C=O) groups excluding carboxylic acids is 1. The summed E-state index contributed by atoms with van der Waals surface area (Å²) >= 11 is 3.21. The van der Waals surface area contributed by atoms with Crippen LogP contribution < -0.4 is 5.32 Å². The van der Waals surface area contributed by atoms with Gasteiger partial charge in [0.05, 0.1) is 22.4 Å². The number of nitrogens with one attached hydrogen (secondary N) is 1. The number of amides is 1. The Morgan fingerprint density at radius 1 is 1.38 bits per heavy atom. The molecule has 1 amide bonds. The third-order valence-electron chi connectivity index (χ3n) is 4.33. The van der Waals surface area contributed by atoms with E-state index in [1.165, 1.54) is 0 Å². The Morgan fingerprint density at radius 2 is 2.12 bits per heavy atom. The molecule has 140 valence electrons. The molecule has 1 N–H and O–H groups in total. The number of rotatable bonds is 6. The molecule has 2 atom stereocenters. The highest BCUT2D eigenvalue weighted by molar-refractivity contribution is 7.99. The van der Waals surface area contributed by atoms with Gasteiger partial charge >= 0.3 is 0 Å². The van der Waals surface area contributed by atoms with Crippen molar-refractivity contribution in [1.29, 1.82) is 0 Å². The molecule has 1 aromatic heterocycles. The van der Waals surface area contributed by atoms with Gasteiger partial charge in [0.25, 0.3) is 0 Å². The van der Waals surface area contributed by atoms with E-state index >= 15 is 0 Å². The van der Waals surface area contributed by atoms with Crippen LogP contribution in [-0.4, -0.2) is 42.1 Å². The molecule has 26 heavy (non-hydrogen) atoms. The lowest BCUT2D eigenvalue weighted by molar-refractivity contribution is -0.120. The molecule has 1 fully saturated rings. The number of hydrogen-bond donors (Lipinski definition) is 1. The average molecular weight is 411 g/mol. The van der Waals surface area contributed by atoms with Crippen LogP contribution in [0.25, 0.3) is 10.6 Å². The summed E-state index contributed by atoms with van der Waals surface area (Å²) in [6, 6.07) is 9.82. The topological polar surface area (TPSA) is 76.1 Å². The van der Waals surface area contributed by atoms with Crippen molar-refractivity contribution in [2.75, 3.05) is 11.5 Å². The summed E-state index contributed by atoms with van der Waals surface area (Å²) in [6.45, 7) is 3.85. The summed E-state index contributed by atoms with van der Waals surface area (Å²) in [4.78, 5) is 18.1. The predicted octanol–water partition coefficient (Wildman–Crippen LogP) is 3.04. The minimum absolute atomic E-state index is 0.0600. The molecule has 1 aliphatic rings. The number of carbonyl (C=O) groups is 1. The minimum Gasteiger partial charge on any atom is -0.351 e. The third-order valence-corrected chi connectivity index (χ3v) is 8.65. The van der Waals surface area contributed by atoms with Gasteiger partial charge in [-0.15, -0.1) is 23.1 Å². The van der Waals surface area contributed by atoms with Gasteiger partial charge in [-0.2, -0.15) is 0 Å². The predicted molar refractivity (Wildman–Crippen MR) is 108 cm³/mol. The minimum atomic E-state index is -2.98. The summed E-state index contributed by atoms with van der Waals surface area (Å²) < 4.78 is 23.0. The van der Waals surface area contributed by atoms with Crippen LogP contribution in [-0.2, 0) is 20.4 Å². The summed E-state index contributed by atoms with van der Waals surface area (Å²) in [7, 11) is -2.98. The van der Waals surface area contributed by atoms with E-state index in [4.69, 9.17) is 0 Å². The van der Waals surface area contributed by atoms with Gasteiger partial charge < -0.3 is 5.32 Å². The Labute approximate surface area is 162 Å². The van der Waals surface area contributed by atoms with Crippen molar-refractivity contribution in [3.05, 3.63) is 40.9 Å². The van der Waals surface area contributed by atoms with Gasteiger partial charge in [-0.25, -0.2) is 13.4 Å². The summed E-state index contributed by atoms with van der Waals surface area (Å²) in [5.74, 6) is 0.850. The van der Waals surface area contributed by atoms with Crippen LogP contribution in [0.3, 0.4) is 0 Å². The van der Waals surface area contributed by atoms with Crippen LogP contribution >= 0.6 is 23.1 Å². The molecule has 0 aliphatic carbocycles. The van der Waals surface area contributed by atoms with Crippen LogP contribution in [0.1, 0.15) is 23.9 Å². The fourth-order valence-electron chi connectivity index (χ4n) is 2.77. The molecular formula is C18H22N2O3S3. The van der Waals surface area contributed by atoms with Crippen molar-refractivity contribution >= 4 is 38.8 Å². The van der Waals surface area contributed by atoms with Gasteiger partial charge in [0, 0.05) is 22.2 Å². The van der Waals surface area contributed by atoms with E-state index in [0.29, 0.717) is 12.2 Å². The first kappa shape index (κ1) is 19.4. The zero-order valence-corrected chi connectivity index (χ0v) is 17.2. The molecule has 2 unspecified atom stereocenters. The number of thioether (sulfide) groups is 1.